The van der Waals surface area contributed by atoms with Gasteiger partial charge in [-0.1, -0.05) is 0 Å². The maximum Gasteiger partial charge on any atom is 0.191 e. The first kappa shape index (κ1) is 16.4. The van der Waals surface area contributed by atoms with Gasteiger partial charge >= 0.3 is 0 Å². The van der Waals surface area contributed by atoms with Crippen molar-refractivity contribution in [3.63, 3.8) is 0 Å². The van der Waals surface area contributed by atoms with E-state index in [9.17, 15) is 0 Å². The third-order valence-electron chi connectivity index (χ3n) is 5.11. The van der Waals surface area contributed by atoms with Crippen molar-refractivity contribution in [2.75, 3.05) is 45.6 Å². The van der Waals surface area contributed by atoms with E-state index in [1.54, 1.807) is 0 Å². The molecule has 2 N–H and O–H groups in total. The van der Waals surface area contributed by atoms with Gasteiger partial charge in [0.25, 0.3) is 0 Å². The molecule has 0 aromatic heterocycles. The van der Waals surface area contributed by atoms with Gasteiger partial charge in [0.2, 0.25) is 0 Å². The van der Waals surface area contributed by atoms with E-state index in [-0.39, 0.29) is 6.10 Å². The summed E-state index contributed by atoms with van der Waals surface area (Å²) in [6.07, 6.45) is 5.54. The zero-order chi connectivity index (χ0) is 15.4. The molecule has 0 radical (unpaired) electrons. The Balaban J connectivity index is 1.39. The molecule has 3 atom stereocenters. The third-order valence-corrected chi connectivity index (χ3v) is 6.65. The number of aliphatic imine (C=N–C) groups is 1. The fourth-order valence-corrected chi connectivity index (χ4v) is 4.93. The minimum atomic E-state index is 0.282. The minimum Gasteiger partial charge on any atom is -0.373 e. The molecule has 0 aliphatic carbocycles. The molecule has 3 heterocycles. The number of rotatable bonds is 4. The van der Waals surface area contributed by atoms with Gasteiger partial charge in [0.1, 0.15) is 0 Å². The highest BCUT2D eigenvalue weighted by Crippen LogP contribution is 2.36. The summed E-state index contributed by atoms with van der Waals surface area (Å²) >= 11 is 2.08. The predicted octanol–water partition coefficient (Wildman–Crippen LogP) is 1.30. The van der Waals surface area contributed by atoms with Crippen LogP contribution in [0, 0.1) is 0 Å². The van der Waals surface area contributed by atoms with Crippen molar-refractivity contribution in [1.29, 1.82) is 0 Å². The van der Waals surface area contributed by atoms with Crippen LogP contribution >= 0.6 is 11.8 Å². The summed E-state index contributed by atoms with van der Waals surface area (Å²) in [6, 6.07) is 0.674. The van der Waals surface area contributed by atoms with E-state index in [1.807, 2.05) is 7.05 Å². The van der Waals surface area contributed by atoms with E-state index in [0.717, 1.165) is 32.2 Å². The van der Waals surface area contributed by atoms with Crippen LogP contribution in [-0.4, -0.2) is 73.3 Å². The molecule has 3 aliphatic rings. The van der Waals surface area contributed by atoms with Crippen molar-refractivity contribution in [3.8, 4) is 0 Å². The van der Waals surface area contributed by atoms with Crippen molar-refractivity contribution in [3.05, 3.63) is 0 Å². The van der Waals surface area contributed by atoms with Crippen LogP contribution in [0.2, 0.25) is 0 Å². The second-order valence-electron chi connectivity index (χ2n) is 6.95. The minimum absolute atomic E-state index is 0.282. The molecule has 5 nitrogen and oxygen atoms in total. The van der Waals surface area contributed by atoms with Crippen LogP contribution < -0.4 is 10.6 Å². The van der Waals surface area contributed by atoms with Gasteiger partial charge in [-0.05, 0) is 44.9 Å². The summed E-state index contributed by atoms with van der Waals surface area (Å²) in [5, 5.41) is 6.92. The topological polar surface area (TPSA) is 48.9 Å². The van der Waals surface area contributed by atoms with E-state index in [0.29, 0.717) is 10.8 Å². The molecule has 0 bridgehead atoms. The number of hydrogen-bond acceptors (Lipinski definition) is 4. The van der Waals surface area contributed by atoms with Gasteiger partial charge in [-0.3, -0.25) is 9.89 Å². The number of guanidine groups is 1. The van der Waals surface area contributed by atoms with Crippen molar-refractivity contribution in [1.82, 2.24) is 15.5 Å². The fourth-order valence-electron chi connectivity index (χ4n) is 3.69. The molecule has 0 aromatic carbocycles. The first-order valence-corrected chi connectivity index (χ1v) is 9.61. The molecule has 0 saturated carbocycles. The lowest BCUT2D eigenvalue weighted by atomic mass is 10.1. The number of fused-ring (bicyclic) bond motifs is 1. The third kappa shape index (κ3) is 4.09. The molecule has 0 aromatic rings. The lowest BCUT2D eigenvalue weighted by Crippen LogP contribution is -2.52. The summed E-state index contributed by atoms with van der Waals surface area (Å²) in [6.45, 7) is 7.37. The summed E-state index contributed by atoms with van der Waals surface area (Å²) < 4.78 is 6.36. The van der Waals surface area contributed by atoms with E-state index in [2.05, 4.69) is 39.2 Å². The number of hydrogen-bond donors (Lipinski definition) is 2. The van der Waals surface area contributed by atoms with E-state index in [4.69, 9.17) is 4.74 Å². The highest BCUT2D eigenvalue weighted by molar-refractivity contribution is 8.00. The SMILES string of the molecule is CN=C(NCC1CN2CCCC2CO1)NCC1(C)CCCS1. The number of thioether (sulfide) groups is 1. The van der Waals surface area contributed by atoms with Gasteiger partial charge in [-0.15, -0.1) is 0 Å². The molecule has 3 aliphatic heterocycles. The maximum atomic E-state index is 5.99. The highest BCUT2D eigenvalue weighted by atomic mass is 32.2. The largest absolute Gasteiger partial charge is 0.373 e. The Hall–Kier alpha value is -0.460. The number of nitrogens with one attached hydrogen (secondary N) is 2. The number of ether oxygens (including phenoxy) is 1. The molecule has 126 valence electrons. The lowest BCUT2D eigenvalue weighted by molar-refractivity contribution is -0.0453. The van der Waals surface area contributed by atoms with Crippen LogP contribution in [-0.2, 0) is 4.74 Å². The molecule has 6 heteroatoms. The Labute approximate surface area is 138 Å². The Morgan fingerprint density at radius 1 is 1.41 bits per heavy atom. The first-order chi connectivity index (χ1) is 10.7. The van der Waals surface area contributed by atoms with Gasteiger partial charge < -0.3 is 15.4 Å². The molecule has 3 unspecified atom stereocenters. The van der Waals surface area contributed by atoms with Gasteiger partial charge in [0, 0.05) is 37.5 Å². The van der Waals surface area contributed by atoms with Gasteiger partial charge in [0.15, 0.2) is 5.96 Å². The quantitative estimate of drug-likeness (QED) is 0.602. The molecule has 0 spiro atoms. The molecule has 3 fully saturated rings. The van der Waals surface area contributed by atoms with Crippen LogP contribution in [0.4, 0.5) is 0 Å². The Bertz CT molecular complexity index is 398. The average Bonchev–Trinajstić information content (AvgIpc) is 3.16. The van der Waals surface area contributed by atoms with Crippen molar-refractivity contribution >= 4 is 17.7 Å². The zero-order valence-electron chi connectivity index (χ0n) is 13.9. The fraction of sp³-hybridized carbons (Fsp3) is 0.938. The number of morpholine rings is 1. The summed E-state index contributed by atoms with van der Waals surface area (Å²) in [7, 11) is 1.84. The second kappa shape index (κ2) is 7.41. The normalized spacial score (nSPS) is 36.4. The molecular formula is C16H30N4OS. The van der Waals surface area contributed by atoms with Crippen LogP contribution in [0.1, 0.15) is 32.6 Å². The van der Waals surface area contributed by atoms with Crippen molar-refractivity contribution in [2.24, 2.45) is 4.99 Å². The average molecular weight is 327 g/mol. The Morgan fingerprint density at radius 3 is 3.09 bits per heavy atom. The van der Waals surface area contributed by atoms with Gasteiger partial charge in [-0.2, -0.15) is 11.8 Å². The standard InChI is InChI=1S/C16H30N4OS/c1-16(6-4-8-22-16)12-19-15(17-2)18-9-14-10-20-7-3-5-13(20)11-21-14/h13-14H,3-12H2,1-2H3,(H2,17,18,19). The van der Waals surface area contributed by atoms with Crippen molar-refractivity contribution in [2.45, 2.75) is 49.5 Å². The highest BCUT2D eigenvalue weighted by Gasteiger charge is 2.32. The van der Waals surface area contributed by atoms with E-state index in [1.165, 1.54) is 38.0 Å². The molecule has 3 saturated heterocycles. The molecule has 22 heavy (non-hydrogen) atoms. The van der Waals surface area contributed by atoms with Crippen LogP contribution in [0.3, 0.4) is 0 Å². The molecule has 0 amide bonds. The van der Waals surface area contributed by atoms with E-state index < -0.39 is 0 Å². The first-order valence-electron chi connectivity index (χ1n) is 8.63. The molecule has 3 rings (SSSR count). The Kier molecular flexibility index (Phi) is 5.52. The Morgan fingerprint density at radius 2 is 2.32 bits per heavy atom. The van der Waals surface area contributed by atoms with E-state index >= 15 is 0 Å². The molecular weight excluding hydrogens is 296 g/mol. The van der Waals surface area contributed by atoms with Crippen LogP contribution in [0.15, 0.2) is 4.99 Å². The smallest absolute Gasteiger partial charge is 0.191 e. The second-order valence-corrected chi connectivity index (χ2v) is 8.64. The van der Waals surface area contributed by atoms with Crippen molar-refractivity contribution < 1.29 is 4.74 Å². The van der Waals surface area contributed by atoms with Crippen LogP contribution in [0.25, 0.3) is 0 Å². The number of nitrogens with zero attached hydrogens (tertiary/aromatic N) is 2. The summed E-state index contributed by atoms with van der Waals surface area (Å²) in [4.78, 5) is 6.93. The maximum absolute atomic E-state index is 5.99. The zero-order valence-corrected chi connectivity index (χ0v) is 14.8. The predicted molar refractivity (Wildman–Crippen MR) is 93.8 cm³/mol. The summed E-state index contributed by atoms with van der Waals surface area (Å²) in [5.74, 6) is 2.19. The van der Waals surface area contributed by atoms with Gasteiger partial charge in [-0.25, -0.2) is 0 Å². The van der Waals surface area contributed by atoms with Crippen LogP contribution in [0.5, 0.6) is 0 Å². The summed E-state index contributed by atoms with van der Waals surface area (Å²) in [5.41, 5.74) is 0. The monoisotopic (exact) mass is 326 g/mol. The van der Waals surface area contributed by atoms with Gasteiger partial charge in [0.05, 0.1) is 12.7 Å². The lowest BCUT2D eigenvalue weighted by Gasteiger charge is -2.35.